The van der Waals surface area contributed by atoms with Gasteiger partial charge in [-0.05, 0) is 18.6 Å². The van der Waals surface area contributed by atoms with Gasteiger partial charge < -0.3 is 4.42 Å². The molecule has 10 heavy (non-hydrogen) atoms. The standard InChI is InChI=1S/C8H11ClO/c1-2-7(6-9)8-4-3-5-10-8/h3-5,7H,2,6H2,1H3. The van der Waals surface area contributed by atoms with E-state index in [4.69, 9.17) is 16.0 Å². The highest BCUT2D eigenvalue weighted by Crippen LogP contribution is 2.20. The minimum atomic E-state index is 0.386. The fourth-order valence-electron chi connectivity index (χ4n) is 0.910. The van der Waals surface area contributed by atoms with Crippen molar-refractivity contribution in [2.24, 2.45) is 0 Å². The van der Waals surface area contributed by atoms with Gasteiger partial charge in [0.05, 0.1) is 6.26 Å². The molecule has 2 heteroatoms. The number of alkyl halides is 1. The fraction of sp³-hybridized carbons (Fsp3) is 0.500. The summed E-state index contributed by atoms with van der Waals surface area (Å²) in [6.45, 7) is 2.11. The first-order chi connectivity index (χ1) is 4.88. The molecule has 0 amide bonds. The summed E-state index contributed by atoms with van der Waals surface area (Å²) in [5, 5.41) is 0. The Bertz CT molecular complexity index is 165. The molecule has 1 rings (SSSR count). The Kier molecular flexibility index (Phi) is 2.82. The number of furan rings is 1. The van der Waals surface area contributed by atoms with Crippen LogP contribution in [-0.4, -0.2) is 5.88 Å². The molecule has 1 atom stereocenters. The summed E-state index contributed by atoms with van der Waals surface area (Å²) in [5.74, 6) is 2.03. The summed E-state index contributed by atoms with van der Waals surface area (Å²) in [6.07, 6.45) is 2.72. The molecule has 0 radical (unpaired) electrons. The van der Waals surface area contributed by atoms with Gasteiger partial charge in [0.25, 0.3) is 0 Å². The van der Waals surface area contributed by atoms with E-state index in [0.717, 1.165) is 12.2 Å². The van der Waals surface area contributed by atoms with Gasteiger partial charge in [-0.15, -0.1) is 11.6 Å². The van der Waals surface area contributed by atoms with Crippen LogP contribution in [0.5, 0.6) is 0 Å². The molecule has 56 valence electrons. The summed E-state index contributed by atoms with van der Waals surface area (Å²) in [6, 6.07) is 3.86. The third kappa shape index (κ3) is 1.54. The lowest BCUT2D eigenvalue weighted by molar-refractivity contribution is 0.471. The average Bonchev–Trinajstić information content (AvgIpc) is 2.43. The lowest BCUT2D eigenvalue weighted by Crippen LogP contribution is -1.95. The van der Waals surface area contributed by atoms with Gasteiger partial charge in [0.15, 0.2) is 0 Å². The van der Waals surface area contributed by atoms with E-state index in [0.29, 0.717) is 11.8 Å². The first-order valence-electron chi connectivity index (χ1n) is 3.47. The topological polar surface area (TPSA) is 13.1 Å². The maximum absolute atomic E-state index is 5.70. The van der Waals surface area contributed by atoms with Gasteiger partial charge in [-0.3, -0.25) is 0 Å². The third-order valence-corrected chi connectivity index (χ3v) is 2.00. The van der Waals surface area contributed by atoms with E-state index >= 15 is 0 Å². The largest absolute Gasteiger partial charge is 0.469 e. The van der Waals surface area contributed by atoms with Gasteiger partial charge >= 0.3 is 0 Å². The first kappa shape index (κ1) is 7.67. The number of halogens is 1. The molecule has 0 aliphatic carbocycles. The van der Waals surface area contributed by atoms with Gasteiger partial charge in [0, 0.05) is 11.8 Å². The minimum absolute atomic E-state index is 0.386. The molecular formula is C8H11ClO. The van der Waals surface area contributed by atoms with E-state index in [2.05, 4.69) is 6.92 Å². The van der Waals surface area contributed by atoms with Crippen molar-refractivity contribution in [2.45, 2.75) is 19.3 Å². The highest BCUT2D eigenvalue weighted by atomic mass is 35.5. The maximum Gasteiger partial charge on any atom is 0.108 e. The molecule has 1 nitrogen and oxygen atoms in total. The molecule has 0 aromatic carbocycles. The minimum Gasteiger partial charge on any atom is -0.469 e. The molecule has 0 spiro atoms. The predicted octanol–water partition coefficient (Wildman–Crippen LogP) is 3.01. The van der Waals surface area contributed by atoms with Crippen LogP contribution in [0.25, 0.3) is 0 Å². The number of hydrogen-bond donors (Lipinski definition) is 0. The quantitative estimate of drug-likeness (QED) is 0.617. The Balaban J connectivity index is 2.64. The van der Waals surface area contributed by atoms with Crippen molar-refractivity contribution in [3.05, 3.63) is 24.2 Å². The van der Waals surface area contributed by atoms with Gasteiger partial charge in [-0.2, -0.15) is 0 Å². The zero-order chi connectivity index (χ0) is 7.40. The van der Waals surface area contributed by atoms with E-state index < -0.39 is 0 Å². The summed E-state index contributed by atoms with van der Waals surface area (Å²) in [4.78, 5) is 0. The van der Waals surface area contributed by atoms with Gasteiger partial charge in [0.1, 0.15) is 5.76 Å². The third-order valence-electron chi connectivity index (χ3n) is 1.62. The molecule has 1 heterocycles. The normalized spacial score (nSPS) is 13.4. The van der Waals surface area contributed by atoms with Crippen molar-refractivity contribution < 1.29 is 4.42 Å². The summed E-state index contributed by atoms with van der Waals surface area (Å²) < 4.78 is 5.19. The predicted molar refractivity (Wildman–Crippen MR) is 42.5 cm³/mol. The smallest absolute Gasteiger partial charge is 0.108 e. The van der Waals surface area contributed by atoms with Crippen LogP contribution < -0.4 is 0 Å². The lowest BCUT2D eigenvalue weighted by atomic mass is 10.1. The van der Waals surface area contributed by atoms with Crippen molar-refractivity contribution in [2.75, 3.05) is 5.88 Å². The van der Waals surface area contributed by atoms with E-state index in [1.54, 1.807) is 6.26 Å². The fourth-order valence-corrected chi connectivity index (χ4v) is 1.28. The summed E-state index contributed by atoms with van der Waals surface area (Å²) in [7, 11) is 0. The van der Waals surface area contributed by atoms with Crippen molar-refractivity contribution in [1.29, 1.82) is 0 Å². The molecule has 1 aromatic rings. The molecule has 0 aliphatic heterocycles. The Hall–Kier alpha value is -0.430. The van der Waals surface area contributed by atoms with Crippen molar-refractivity contribution in [3.8, 4) is 0 Å². The zero-order valence-corrected chi connectivity index (χ0v) is 6.77. The van der Waals surface area contributed by atoms with Crippen LogP contribution in [0.4, 0.5) is 0 Å². The molecule has 0 saturated heterocycles. The Labute approximate surface area is 66.0 Å². The van der Waals surface area contributed by atoms with Crippen LogP contribution in [0.2, 0.25) is 0 Å². The van der Waals surface area contributed by atoms with Crippen LogP contribution >= 0.6 is 11.6 Å². The van der Waals surface area contributed by atoms with Crippen molar-refractivity contribution in [1.82, 2.24) is 0 Å². The van der Waals surface area contributed by atoms with Gasteiger partial charge in [-0.25, -0.2) is 0 Å². The van der Waals surface area contributed by atoms with Gasteiger partial charge in [0.2, 0.25) is 0 Å². The molecule has 0 bridgehead atoms. The van der Waals surface area contributed by atoms with Crippen LogP contribution in [0, 0.1) is 0 Å². The molecule has 1 aromatic heterocycles. The second-order valence-electron chi connectivity index (χ2n) is 2.27. The molecule has 1 unspecified atom stereocenters. The SMILES string of the molecule is CCC(CCl)c1ccco1. The second kappa shape index (κ2) is 3.67. The van der Waals surface area contributed by atoms with Crippen LogP contribution in [0.15, 0.2) is 22.8 Å². The van der Waals surface area contributed by atoms with Crippen molar-refractivity contribution >= 4 is 11.6 Å². The Morgan fingerprint density at radius 1 is 1.70 bits per heavy atom. The summed E-state index contributed by atoms with van der Waals surface area (Å²) >= 11 is 5.70. The first-order valence-corrected chi connectivity index (χ1v) is 4.01. The highest BCUT2D eigenvalue weighted by Gasteiger charge is 2.09. The van der Waals surface area contributed by atoms with Crippen LogP contribution in [-0.2, 0) is 0 Å². The summed E-state index contributed by atoms with van der Waals surface area (Å²) in [5.41, 5.74) is 0. The zero-order valence-electron chi connectivity index (χ0n) is 6.01. The molecular weight excluding hydrogens is 148 g/mol. The average molecular weight is 159 g/mol. The second-order valence-corrected chi connectivity index (χ2v) is 2.58. The van der Waals surface area contributed by atoms with Gasteiger partial charge in [-0.1, -0.05) is 6.92 Å². The van der Waals surface area contributed by atoms with E-state index in [9.17, 15) is 0 Å². The Morgan fingerprint density at radius 3 is 2.90 bits per heavy atom. The highest BCUT2D eigenvalue weighted by molar-refractivity contribution is 6.18. The van der Waals surface area contributed by atoms with E-state index in [1.807, 2.05) is 12.1 Å². The van der Waals surface area contributed by atoms with Crippen molar-refractivity contribution in [3.63, 3.8) is 0 Å². The van der Waals surface area contributed by atoms with E-state index in [-0.39, 0.29) is 0 Å². The maximum atomic E-state index is 5.70. The molecule has 0 N–H and O–H groups in total. The Morgan fingerprint density at radius 2 is 2.50 bits per heavy atom. The lowest BCUT2D eigenvalue weighted by Gasteiger charge is -2.05. The van der Waals surface area contributed by atoms with Crippen LogP contribution in [0.3, 0.4) is 0 Å². The molecule has 0 aliphatic rings. The number of hydrogen-bond acceptors (Lipinski definition) is 1. The van der Waals surface area contributed by atoms with E-state index in [1.165, 1.54) is 0 Å². The number of rotatable bonds is 3. The molecule has 0 fully saturated rings. The molecule has 0 saturated carbocycles. The van der Waals surface area contributed by atoms with Crippen LogP contribution in [0.1, 0.15) is 25.0 Å². The monoisotopic (exact) mass is 158 g/mol.